The number of nitrogens with zero attached hydrogens (tertiary/aromatic N) is 3. The van der Waals surface area contributed by atoms with Gasteiger partial charge in [-0.2, -0.15) is 5.10 Å². The molecular formula is C23H22BrN5O2S. The molecule has 2 N–H and O–H groups in total. The Hall–Kier alpha value is -3.17. The average molecular weight is 512 g/mol. The van der Waals surface area contributed by atoms with Crippen molar-refractivity contribution >= 4 is 28.1 Å². The van der Waals surface area contributed by atoms with Crippen LogP contribution in [0.15, 0.2) is 65.4 Å². The maximum atomic E-state index is 6.22. The standard InChI is InChI=1S/C23H22BrN5O2S/c1-15-3-5-16(6-4-15)14-31-21-18(19(24)7-8-20(21)30-2)13-26-29-22(27-28-23(29)32)17-9-11-25-12-10-17/h3-12,26H,13-14H2,1-2H3,(H,28,32). The summed E-state index contributed by atoms with van der Waals surface area (Å²) in [5.41, 5.74) is 7.43. The van der Waals surface area contributed by atoms with Gasteiger partial charge in [-0.3, -0.25) is 4.98 Å². The van der Waals surface area contributed by atoms with Gasteiger partial charge in [0.25, 0.3) is 0 Å². The molecule has 0 unspecified atom stereocenters. The van der Waals surface area contributed by atoms with E-state index in [0.717, 1.165) is 21.2 Å². The van der Waals surface area contributed by atoms with E-state index in [1.54, 1.807) is 24.2 Å². The summed E-state index contributed by atoms with van der Waals surface area (Å²) in [6.45, 7) is 2.91. The average Bonchev–Trinajstić information content (AvgIpc) is 3.19. The SMILES string of the molecule is COc1ccc(Br)c(CNn2c(-c3ccncc3)n[nH]c2=S)c1OCc1ccc(C)cc1. The molecule has 0 fully saturated rings. The molecule has 0 saturated heterocycles. The number of aryl methyl sites for hydroxylation is 1. The number of aromatic nitrogens is 4. The lowest BCUT2D eigenvalue weighted by Crippen LogP contribution is -2.17. The predicted octanol–water partition coefficient (Wildman–Crippen LogP) is 5.40. The molecule has 0 aliphatic carbocycles. The van der Waals surface area contributed by atoms with Crippen LogP contribution in [-0.2, 0) is 13.2 Å². The van der Waals surface area contributed by atoms with Crippen molar-refractivity contribution in [3.05, 3.63) is 86.9 Å². The minimum Gasteiger partial charge on any atom is -0.493 e. The first-order valence-corrected chi connectivity index (χ1v) is 11.1. The number of nitrogens with one attached hydrogen (secondary N) is 2. The first-order chi connectivity index (χ1) is 15.6. The van der Waals surface area contributed by atoms with E-state index in [1.165, 1.54) is 5.56 Å². The highest BCUT2D eigenvalue weighted by atomic mass is 79.9. The van der Waals surface area contributed by atoms with Crippen LogP contribution >= 0.6 is 28.1 Å². The smallest absolute Gasteiger partial charge is 0.214 e. The fraction of sp³-hybridized carbons (Fsp3) is 0.174. The molecule has 0 saturated carbocycles. The first-order valence-electron chi connectivity index (χ1n) is 9.92. The normalized spacial score (nSPS) is 10.7. The molecule has 7 nitrogen and oxygen atoms in total. The van der Waals surface area contributed by atoms with Gasteiger partial charge in [-0.25, -0.2) is 9.77 Å². The van der Waals surface area contributed by atoms with Gasteiger partial charge in [-0.05, 0) is 49.0 Å². The Bertz CT molecular complexity index is 1260. The highest BCUT2D eigenvalue weighted by Crippen LogP contribution is 2.37. The van der Waals surface area contributed by atoms with Gasteiger partial charge in [0.2, 0.25) is 4.77 Å². The van der Waals surface area contributed by atoms with Crippen LogP contribution in [-0.4, -0.2) is 27.0 Å². The van der Waals surface area contributed by atoms with Crippen molar-refractivity contribution in [3.8, 4) is 22.9 Å². The van der Waals surface area contributed by atoms with Crippen molar-refractivity contribution in [2.75, 3.05) is 12.5 Å². The van der Waals surface area contributed by atoms with E-state index in [2.05, 4.69) is 67.7 Å². The van der Waals surface area contributed by atoms with E-state index < -0.39 is 0 Å². The van der Waals surface area contributed by atoms with Gasteiger partial charge in [0.1, 0.15) is 6.61 Å². The van der Waals surface area contributed by atoms with Crippen molar-refractivity contribution in [1.29, 1.82) is 0 Å². The molecule has 0 amide bonds. The molecule has 0 spiro atoms. The van der Waals surface area contributed by atoms with Gasteiger partial charge < -0.3 is 14.9 Å². The summed E-state index contributed by atoms with van der Waals surface area (Å²) in [6, 6.07) is 15.8. The molecule has 0 aliphatic rings. The number of aromatic amines is 1. The van der Waals surface area contributed by atoms with Crippen LogP contribution < -0.4 is 14.9 Å². The predicted molar refractivity (Wildman–Crippen MR) is 130 cm³/mol. The summed E-state index contributed by atoms with van der Waals surface area (Å²) in [4.78, 5) is 4.06. The van der Waals surface area contributed by atoms with Crippen LogP contribution in [0.2, 0.25) is 0 Å². The van der Waals surface area contributed by atoms with Crippen LogP contribution in [0.4, 0.5) is 0 Å². The molecule has 32 heavy (non-hydrogen) atoms. The van der Waals surface area contributed by atoms with Crippen LogP contribution in [0.1, 0.15) is 16.7 Å². The monoisotopic (exact) mass is 511 g/mol. The van der Waals surface area contributed by atoms with Crippen molar-refractivity contribution in [1.82, 2.24) is 19.9 Å². The lowest BCUT2D eigenvalue weighted by Gasteiger charge is -2.18. The topological polar surface area (TPSA) is 77.0 Å². The zero-order valence-corrected chi connectivity index (χ0v) is 20.0. The molecule has 2 aromatic heterocycles. The summed E-state index contributed by atoms with van der Waals surface area (Å²) in [5.74, 6) is 1.98. The maximum absolute atomic E-state index is 6.22. The number of hydrogen-bond donors (Lipinski definition) is 2. The minimum atomic E-state index is 0.424. The van der Waals surface area contributed by atoms with E-state index in [-0.39, 0.29) is 0 Å². The number of hydrogen-bond acceptors (Lipinski definition) is 6. The van der Waals surface area contributed by atoms with Crippen molar-refractivity contribution in [2.24, 2.45) is 0 Å². The number of pyridine rings is 1. The second-order valence-corrected chi connectivity index (χ2v) is 8.33. The van der Waals surface area contributed by atoms with Gasteiger partial charge in [-0.1, -0.05) is 45.8 Å². The van der Waals surface area contributed by atoms with E-state index in [1.807, 2.05) is 24.3 Å². The van der Waals surface area contributed by atoms with E-state index in [0.29, 0.717) is 35.2 Å². The Balaban J connectivity index is 1.61. The molecule has 4 rings (SSSR count). The second-order valence-electron chi connectivity index (χ2n) is 7.09. The molecule has 0 bridgehead atoms. The highest BCUT2D eigenvalue weighted by Gasteiger charge is 2.16. The third-order valence-corrected chi connectivity index (χ3v) is 5.93. The van der Waals surface area contributed by atoms with Gasteiger partial charge >= 0.3 is 0 Å². The van der Waals surface area contributed by atoms with Crippen molar-refractivity contribution < 1.29 is 9.47 Å². The zero-order valence-electron chi connectivity index (χ0n) is 17.6. The number of ether oxygens (including phenoxy) is 2. The largest absolute Gasteiger partial charge is 0.493 e. The number of H-pyrrole nitrogens is 1. The summed E-state index contributed by atoms with van der Waals surface area (Å²) >= 11 is 9.08. The molecule has 4 aromatic rings. The number of halogens is 1. The highest BCUT2D eigenvalue weighted by molar-refractivity contribution is 9.10. The Kier molecular flexibility index (Phi) is 6.87. The van der Waals surface area contributed by atoms with E-state index in [4.69, 9.17) is 21.7 Å². The van der Waals surface area contributed by atoms with Crippen LogP contribution in [0.5, 0.6) is 11.5 Å². The number of benzene rings is 2. The maximum Gasteiger partial charge on any atom is 0.214 e. The fourth-order valence-corrected chi connectivity index (χ4v) is 3.85. The summed E-state index contributed by atoms with van der Waals surface area (Å²) in [6.07, 6.45) is 3.43. The third kappa shape index (κ3) is 4.84. The van der Waals surface area contributed by atoms with Gasteiger partial charge in [0, 0.05) is 28.0 Å². The van der Waals surface area contributed by atoms with Crippen molar-refractivity contribution in [2.45, 2.75) is 20.1 Å². The van der Waals surface area contributed by atoms with Crippen LogP contribution in [0.3, 0.4) is 0 Å². The Morgan fingerprint density at radius 2 is 1.84 bits per heavy atom. The van der Waals surface area contributed by atoms with Gasteiger partial charge in [-0.15, -0.1) is 0 Å². The lowest BCUT2D eigenvalue weighted by atomic mass is 10.1. The molecule has 9 heteroatoms. The minimum absolute atomic E-state index is 0.424. The molecular weight excluding hydrogens is 490 g/mol. The van der Waals surface area contributed by atoms with E-state index >= 15 is 0 Å². The quantitative estimate of drug-likeness (QED) is 0.308. The van der Waals surface area contributed by atoms with Crippen LogP contribution in [0.25, 0.3) is 11.4 Å². The molecule has 164 valence electrons. The zero-order chi connectivity index (χ0) is 22.5. The summed E-state index contributed by atoms with van der Waals surface area (Å²) in [5, 5.41) is 7.19. The van der Waals surface area contributed by atoms with E-state index in [9.17, 15) is 0 Å². The molecule has 0 atom stereocenters. The first kappa shape index (κ1) is 22.0. The molecule has 2 heterocycles. The summed E-state index contributed by atoms with van der Waals surface area (Å²) in [7, 11) is 1.63. The Morgan fingerprint density at radius 3 is 2.56 bits per heavy atom. The van der Waals surface area contributed by atoms with Gasteiger partial charge in [0.15, 0.2) is 17.3 Å². The lowest BCUT2D eigenvalue weighted by molar-refractivity contribution is 0.281. The molecule has 2 aromatic carbocycles. The summed E-state index contributed by atoms with van der Waals surface area (Å²) < 4.78 is 14.9. The van der Waals surface area contributed by atoms with Crippen molar-refractivity contribution in [3.63, 3.8) is 0 Å². The molecule has 0 radical (unpaired) electrons. The second kappa shape index (κ2) is 9.97. The Labute approximate surface area is 199 Å². The Morgan fingerprint density at radius 1 is 1.09 bits per heavy atom. The number of rotatable bonds is 8. The molecule has 0 aliphatic heterocycles. The third-order valence-electron chi connectivity index (χ3n) is 4.92. The fourth-order valence-electron chi connectivity index (χ4n) is 3.20. The van der Waals surface area contributed by atoms with Crippen LogP contribution in [0, 0.1) is 11.7 Å². The van der Waals surface area contributed by atoms with Gasteiger partial charge in [0.05, 0.1) is 13.7 Å². The number of methoxy groups -OCH3 is 1.